The molecular weight excluding hydrogens is 655 g/mol. The lowest BCUT2D eigenvalue weighted by Crippen LogP contribution is -2.29. The quantitative estimate of drug-likeness (QED) is 0.179. The predicted octanol–water partition coefficient (Wildman–Crippen LogP) is 13.1. The molecule has 0 saturated heterocycles. The number of hydrogen-bond donors (Lipinski definition) is 0. The third-order valence-electron chi connectivity index (χ3n) is 11.3. The van der Waals surface area contributed by atoms with E-state index in [9.17, 15) is 0 Å². The lowest BCUT2D eigenvalue weighted by Gasteiger charge is -2.28. The van der Waals surface area contributed by atoms with E-state index < -0.39 is 0 Å². The zero-order chi connectivity index (χ0) is 35.6. The third-order valence-corrected chi connectivity index (χ3v) is 11.3. The first-order valence-electron chi connectivity index (χ1n) is 18.7. The predicted molar refractivity (Wildman–Crippen MR) is 226 cm³/mol. The van der Waals surface area contributed by atoms with Gasteiger partial charge in [-0.3, -0.25) is 0 Å². The van der Waals surface area contributed by atoms with Crippen molar-refractivity contribution in [3.63, 3.8) is 0 Å². The van der Waals surface area contributed by atoms with Gasteiger partial charge >= 0.3 is 0 Å². The van der Waals surface area contributed by atoms with Crippen LogP contribution in [-0.2, 0) is 0 Å². The average molecular weight is 690 g/mol. The molecular formula is C51H35N3. The zero-order valence-corrected chi connectivity index (χ0v) is 29.5. The van der Waals surface area contributed by atoms with E-state index in [-0.39, 0.29) is 12.0 Å². The molecule has 11 rings (SSSR count). The van der Waals surface area contributed by atoms with Gasteiger partial charge in [-0.25, -0.2) is 4.98 Å². The molecule has 3 heteroatoms. The molecule has 3 nitrogen and oxygen atoms in total. The highest BCUT2D eigenvalue weighted by atomic mass is 15.2. The van der Waals surface area contributed by atoms with Crippen LogP contribution in [0, 0.1) is 0 Å². The van der Waals surface area contributed by atoms with Gasteiger partial charge in [-0.05, 0) is 93.5 Å². The second-order valence-corrected chi connectivity index (χ2v) is 14.3. The topological polar surface area (TPSA) is 21.1 Å². The number of rotatable bonds is 5. The molecule has 2 aromatic heterocycles. The van der Waals surface area contributed by atoms with E-state index in [0.29, 0.717) is 0 Å². The molecule has 0 spiro atoms. The van der Waals surface area contributed by atoms with Crippen LogP contribution < -0.4 is 4.90 Å². The van der Waals surface area contributed by atoms with Gasteiger partial charge in [0, 0.05) is 33.5 Å². The molecule has 0 amide bonds. The van der Waals surface area contributed by atoms with Gasteiger partial charge in [-0.1, -0.05) is 146 Å². The Balaban J connectivity index is 1.02. The molecule has 2 atom stereocenters. The molecule has 0 radical (unpaired) electrons. The van der Waals surface area contributed by atoms with E-state index in [2.05, 4.69) is 210 Å². The maximum atomic E-state index is 5.34. The summed E-state index contributed by atoms with van der Waals surface area (Å²) in [5.74, 6) is 1.18. The third kappa shape index (κ3) is 4.86. The Morgan fingerprint density at radius 2 is 1.07 bits per heavy atom. The van der Waals surface area contributed by atoms with Crippen LogP contribution >= 0.6 is 0 Å². The molecule has 1 aliphatic heterocycles. The van der Waals surface area contributed by atoms with Crippen LogP contribution in [0.15, 0.2) is 200 Å². The van der Waals surface area contributed by atoms with Crippen LogP contribution in [0.25, 0.3) is 71.8 Å². The van der Waals surface area contributed by atoms with Crippen LogP contribution in [-0.4, -0.2) is 15.6 Å². The Hall–Kier alpha value is -6.97. The fraction of sp³-hybridized carbons (Fsp3) is 0.0392. The molecule has 254 valence electrons. The lowest BCUT2D eigenvalue weighted by molar-refractivity contribution is 0.739. The summed E-state index contributed by atoms with van der Waals surface area (Å²) in [7, 11) is 0. The van der Waals surface area contributed by atoms with E-state index in [4.69, 9.17) is 4.98 Å². The highest BCUT2D eigenvalue weighted by Crippen LogP contribution is 2.49. The molecule has 0 bridgehead atoms. The molecule has 2 aliphatic rings. The minimum atomic E-state index is 0.133. The molecule has 0 saturated carbocycles. The van der Waals surface area contributed by atoms with Crippen molar-refractivity contribution in [2.45, 2.75) is 12.0 Å². The molecule has 3 heterocycles. The number of para-hydroxylation sites is 3. The molecule has 1 aliphatic carbocycles. The number of allylic oxidation sites excluding steroid dienone is 2. The molecule has 7 aromatic carbocycles. The van der Waals surface area contributed by atoms with Gasteiger partial charge in [-0.15, -0.1) is 0 Å². The summed E-state index contributed by atoms with van der Waals surface area (Å²) in [5, 5.41) is 3.68. The van der Waals surface area contributed by atoms with Crippen LogP contribution in [0.2, 0.25) is 0 Å². The van der Waals surface area contributed by atoms with E-state index in [1.165, 1.54) is 72.1 Å². The minimum Gasteiger partial charge on any atom is -0.318 e. The van der Waals surface area contributed by atoms with Crippen molar-refractivity contribution in [1.82, 2.24) is 9.55 Å². The summed E-state index contributed by atoms with van der Waals surface area (Å²) in [6, 6.07) is 63.8. The molecule has 0 fully saturated rings. The van der Waals surface area contributed by atoms with E-state index in [0.717, 1.165) is 16.7 Å². The fourth-order valence-electron chi connectivity index (χ4n) is 8.79. The second-order valence-electron chi connectivity index (χ2n) is 14.3. The van der Waals surface area contributed by atoms with Crippen molar-refractivity contribution in [3.8, 4) is 39.1 Å². The van der Waals surface area contributed by atoms with Crippen molar-refractivity contribution < 1.29 is 0 Å². The van der Waals surface area contributed by atoms with Gasteiger partial charge in [-0.2, -0.15) is 0 Å². The Morgan fingerprint density at radius 3 is 1.93 bits per heavy atom. The minimum absolute atomic E-state index is 0.133. The highest BCUT2D eigenvalue weighted by Gasteiger charge is 2.38. The highest BCUT2D eigenvalue weighted by molar-refractivity contribution is 6.10. The molecule has 2 unspecified atom stereocenters. The lowest BCUT2D eigenvalue weighted by atomic mass is 9.89. The summed E-state index contributed by atoms with van der Waals surface area (Å²) in [6.07, 6.45) is 9.06. The first-order chi connectivity index (χ1) is 26.8. The average Bonchev–Trinajstić information content (AvgIpc) is 3.76. The van der Waals surface area contributed by atoms with Crippen molar-refractivity contribution in [2.75, 3.05) is 4.90 Å². The van der Waals surface area contributed by atoms with E-state index in [1.54, 1.807) is 0 Å². The Morgan fingerprint density at radius 1 is 0.444 bits per heavy atom. The van der Waals surface area contributed by atoms with Crippen LogP contribution in [0.1, 0.15) is 11.5 Å². The Kier molecular flexibility index (Phi) is 6.99. The van der Waals surface area contributed by atoms with Crippen molar-refractivity contribution >= 4 is 44.2 Å². The summed E-state index contributed by atoms with van der Waals surface area (Å²) >= 11 is 0. The van der Waals surface area contributed by atoms with Gasteiger partial charge in [0.1, 0.15) is 5.82 Å². The molecule has 0 N–H and O–H groups in total. The second kappa shape index (κ2) is 12.3. The van der Waals surface area contributed by atoms with Gasteiger partial charge < -0.3 is 9.47 Å². The number of hydrogen-bond acceptors (Lipinski definition) is 2. The van der Waals surface area contributed by atoms with Crippen LogP contribution in [0.3, 0.4) is 0 Å². The van der Waals surface area contributed by atoms with Gasteiger partial charge in [0.2, 0.25) is 0 Å². The smallest absolute Gasteiger partial charge is 0.134 e. The monoisotopic (exact) mass is 689 g/mol. The zero-order valence-electron chi connectivity index (χ0n) is 29.5. The maximum absolute atomic E-state index is 5.34. The number of aromatic nitrogens is 2. The van der Waals surface area contributed by atoms with Crippen LogP contribution in [0.5, 0.6) is 0 Å². The number of benzene rings is 7. The Bertz CT molecular complexity index is 2940. The largest absolute Gasteiger partial charge is 0.318 e. The fourth-order valence-corrected chi connectivity index (χ4v) is 8.79. The van der Waals surface area contributed by atoms with E-state index >= 15 is 0 Å². The van der Waals surface area contributed by atoms with Gasteiger partial charge in [0.15, 0.2) is 0 Å². The van der Waals surface area contributed by atoms with Crippen molar-refractivity contribution in [3.05, 3.63) is 206 Å². The van der Waals surface area contributed by atoms with E-state index in [1.807, 2.05) is 0 Å². The normalized spacial score (nSPS) is 16.0. The summed E-state index contributed by atoms with van der Waals surface area (Å²) in [5.41, 5.74) is 14.4. The first-order valence-corrected chi connectivity index (χ1v) is 18.7. The first kappa shape index (κ1) is 30.6. The SMILES string of the molecule is C1=CC2c3cc(-c4ccc5c(c4)c4ccccc4n5-c4ccccc4)ccc3N(c3cc(-c4ccc(-c5ccccc5)cc4)c4ccccc4n3)C2C=C1. The summed E-state index contributed by atoms with van der Waals surface area (Å²) < 4.78 is 2.38. The van der Waals surface area contributed by atoms with Gasteiger partial charge in [0.05, 0.1) is 22.6 Å². The number of anilines is 2. The van der Waals surface area contributed by atoms with Crippen molar-refractivity contribution in [2.24, 2.45) is 0 Å². The number of pyridine rings is 1. The number of nitrogens with zero attached hydrogens (tertiary/aromatic N) is 3. The Labute approximate surface area is 314 Å². The summed E-state index contributed by atoms with van der Waals surface area (Å²) in [6.45, 7) is 0. The number of fused-ring (bicyclic) bond motifs is 7. The maximum Gasteiger partial charge on any atom is 0.134 e. The van der Waals surface area contributed by atoms with Crippen molar-refractivity contribution in [1.29, 1.82) is 0 Å². The van der Waals surface area contributed by atoms with Gasteiger partial charge in [0.25, 0.3) is 0 Å². The standard InChI is InChI=1S/C51H35N3/c1-3-13-34(14-4-1)35-23-25-36(26-24-35)43-33-51(52-46-20-10-7-17-40(43)46)54-48-22-12-9-19-42(48)45-32-38(28-30-50(45)54)37-27-29-49-44(31-37)41-18-8-11-21-47(41)53(49)39-15-5-2-6-16-39/h1-33,42,48H. The van der Waals surface area contributed by atoms with Crippen LogP contribution in [0.4, 0.5) is 11.5 Å². The molecule has 54 heavy (non-hydrogen) atoms. The summed E-state index contributed by atoms with van der Waals surface area (Å²) in [4.78, 5) is 7.79. The molecule has 9 aromatic rings.